The summed E-state index contributed by atoms with van der Waals surface area (Å²) in [6.07, 6.45) is 0. The van der Waals surface area contributed by atoms with E-state index in [1.165, 1.54) is 17.8 Å². The SMILES string of the molecule is CCNC(=O)c1cccc(NC(=O)CSc2nnc(-c3ccccc3F)n2CC(C)C)c1. The van der Waals surface area contributed by atoms with E-state index in [-0.39, 0.29) is 29.3 Å². The van der Waals surface area contributed by atoms with Gasteiger partial charge in [0.05, 0.1) is 11.3 Å². The molecular formula is C23H26FN5O2S. The van der Waals surface area contributed by atoms with Gasteiger partial charge in [-0.05, 0) is 43.2 Å². The van der Waals surface area contributed by atoms with Gasteiger partial charge in [0.1, 0.15) is 5.82 Å². The summed E-state index contributed by atoms with van der Waals surface area (Å²) in [5, 5.41) is 14.5. The van der Waals surface area contributed by atoms with Crippen molar-refractivity contribution >= 4 is 29.3 Å². The number of nitrogens with zero attached hydrogens (tertiary/aromatic N) is 3. The predicted octanol–water partition coefficient (Wildman–Crippen LogP) is 4.22. The van der Waals surface area contributed by atoms with Crippen molar-refractivity contribution in [3.8, 4) is 11.4 Å². The van der Waals surface area contributed by atoms with Gasteiger partial charge >= 0.3 is 0 Å². The van der Waals surface area contributed by atoms with Crippen molar-refractivity contribution in [3.05, 3.63) is 59.9 Å². The van der Waals surface area contributed by atoms with Crippen LogP contribution in [0, 0.1) is 11.7 Å². The highest BCUT2D eigenvalue weighted by Crippen LogP contribution is 2.27. The van der Waals surface area contributed by atoms with Crippen LogP contribution in [-0.2, 0) is 11.3 Å². The van der Waals surface area contributed by atoms with Crippen molar-refractivity contribution in [3.63, 3.8) is 0 Å². The lowest BCUT2D eigenvalue weighted by molar-refractivity contribution is -0.113. The predicted molar refractivity (Wildman–Crippen MR) is 124 cm³/mol. The van der Waals surface area contributed by atoms with Crippen molar-refractivity contribution in [1.82, 2.24) is 20.1 Å². The van der Waals surface area contributed by atoms with E-state index in [9.17, 15) is 14.0 Å². The first kappa shape index (κ1) is 23.5. The second-order valence-electron chi connectivity index (χ2n) is 7.57. The molecule has 168 valence electrons. The molecule has 0 bridgehead atoms. The number of amides is 2. The van der Waals surface area contributed by atoms with Gasteiger partial charge in [0.25, 0.3) is 5.91 Å². The number of nitrogens with one attached hydrogen (secondary N) is 2. The summed E-state index contributed by atoms with van der Waals surface area (Å²) in [7, 11) is 0. The van der Waals surface area contributed by atoms with Crippen molar-refractivity contribution in [2.24, 2.45) is 5.92 Å². The second-order valence-corrected chi connectivity index (χ2v) is 8.51. The zero-order chi connectivity index (χ0) is 23.1. The lowest BCUT2D eigenvalue weighted by Crippen LogP contribution is -2.23. The third-order valence-electron chi connectivity index (χ3n) is 4.46. The van der Waals surface area contributed by atoms with Crippen LogP contribution >= 0.6 is 11.8 Å². The van der Waals surface area contributed by atoms with Crippen LogP contribution in [0.2, 0.25) is 0 Å². The molecule has 1 aromatic heterocycles. The van der Waals surface area contributed by atoms with Crippen LogP contribution in [0.3, 0.4) is 0 Å². The first-order valence-corrected chi connectivity index (χ1v) is 11.4. The average Bonchev–Trinajstić information content (AvgIpc) is 3.14. The molecule has 0 aliphatic heterocycles. The highest BCUT2D eigenvalue weighted by atomic mass is 32.2. The van der Waals surface area contributed by atoms with Crippen LogP contribution < -0.4 is 10.6 Å². The van der Waals surface area contributed by atoms with E-state index in [0.29, 0.717) is 40.9 Å². The monoisotopic (exact) mass is 455 g/mol. The second kappa shape index (κ2) is 10.9. The number of thioether (sulfide) groups is 1. The topological polar surface area (TPSA) is 88.9 Å². The quantitative estimate of drug-likeness (QED) is 0.472. The maximum atomic E-state index is 14.3. The molecule has 32 heavy (non-hydrogen) atoms. The number of anilines is 1. The summed E-state index contributed by atoms with van der Waals surface area (Å²) in [6.45, 7) is 7.06. The lowest BCUT2D eigenvalue weighted by Gasteiger charge is -2.13. The third-order valence-corrected chi connectivity index (χ3v) is 5.42. The van der Waals surface area contributed by atoms with E-state index >= 15 is 0 Å². The molecule has 0 unspecified atom stereocenters. The number of hydrogen-bond donors (Lipinski definition) is 2. The maximum Gasteiger partial charge on any atom is 0.251 e. The van der Waals surface area contributed by atoms with E-state index < -0.39 is 0 Å². The van der Waals surface area contributed by atoms with Gasteiger partial charge in [-0.15, -0.1) is 10.2 Å². The highest BCUT2D eigenvalue weighted by molar-refractivity contribution is 7.99. The fourth-order valence-electron chi connectivity index (χ4n) is 3.09. The molecule has 0 aliphatic rings. The number of hydrogen-bond acceptors (Lipinski definition) is 5. The number of carbonyl (C=O) groups is 2. The lowest BCUT2D eigenvalue weighted by atomic mass is 10.2. The summed E-state index contributed by atoms with van der Waals surface area (Å²) in [6, 6.07) is 13.2. The van der Waals surface area contributed by atoms with E-state index in [0.717, 1.165) is 0 Å². The Bertz CT molecular complexity index is 1100. The molecule has 0 aliphatic carbocycles. The molecule has 3 aromatic rings. The minimum atomic E-state index is -0.369. The third kappa shape index (κ3) is 5.94. The van der Waals surface area contributed by atoms with Crippen LogP contribution in [0.5, 0.6) is 0 Å². The molecule has 3 rings (SSSR count). The van der Waals surface area contributed by atoms with E-state index in [1.54, 1.807) is 42.5 Å². The van der Waals surface area contributed by atoms with Crippen LogP contribution in [0.25, 0.3) is 11.4 Å². The Labute approximate surface area is 190 Å². The summed E-state index contributed by atoms with van der Waals surface area (Å²) in [5.74, 6) is 0.0103. The standard InChI is InChI=1S/C23H26FN5O2S/c1-4-25-22(31)16-8-7-9-17(12-16)26-20(30)14-32-23-28-27-21(29(23)13-15(2)3)18-10-5-6-11-19(18)24/h5-12,15H,4,13-14H2,1-3H3,(H,25,31)(H,26,30). The zero-order valence-corrected chi connectivity index (χ0v) is 19.1. The molecule has 2 amide bonds. The molecule has 0 spiro atoms. The van der Waals surface area contributed by atoms with Gasteiger partial charge in [0, 0.05) is 24.3 Å². The highest BCUT2D eigenvalue weighted by Gasteiger charge is 2.19. The van der Waals surface area contributed by atoms with Crippen LogP contribution in [0.1, 0.15) is 31.1 Å². The number of rotatable bonds is 9. The van der Waals surface area contributed by atoms with E-state index in [2.05, 4.69) is 20.8 Å². The van der Waals surface area contributed by atoms with Crippen molar-refractivity contribution < 1.29 is 14.0 Å². The fraction of sp³-hybridized carbons (Fsp3) is 0.304. The Hall–Kier alpha value is -3.20. The normalized spacial score (nSPS) is 10.9. The van der Waals surface area contributed by atoms with Crippen LogP contribution in [-0.4, -0.2) is 38.9 Å². The average molecular weight is 456 g/mol. The van der Waals surface area contributed by atoms with Gasteiger partial charge in [0.2, 0.25) is 5.91 Å². The smallest absolute Gasteiger partial charge is 0.251 e. The number of benzene rings is 2. The Morgan fingerprint density at radius 1 is 1.12 bits per heavy atom. The summed E-state index contributed by atoms with van der Waals surface area (Å²) in [4.78, 5) is 24.5. The van der Waals surface area contributed by atoms with Gasteiger partial charge in [-0.3, -0.25) is 9.59 Å². The Balaban J connectivity index is 1.71. The molecule has 0 saturated heterocycles. The zero-order valence-electron chi connectivity index (χ0n) is 18.3. The first-order valence-electron chi connectivity index (χ1n) is 10.4. The molecule has 0 saturated carbocycles. The fourth-order valence-corrected chi connectivity index (χ4v) is 3.84. The molecule has 0 atom stereocenters. The summed E-state index contributed by atoms with van der Waals surface area (Å²) in [5.41, 5.74) is 1.39. The van der Waals surface area contributed by atoms with Gasteiger partial charge in [-0.1, -0.05) is 43.8 Å². The molecule has 2 aromatic carbocycles. The first-order chi connectivity index (χ1) is 15.4. The molecule has 2 N–H and O–H groups in total. The number of halogens is 1. The minimum absolute atomic E-state index is 0.0961. The van der Waals surface area contributed by atoms with Crippen molar-refractivity contribution in [1.29, 1.82) is 0 Å². The van der Waals surface area contributed by atoms with Gasteiger partial charge < -0.3 is 15.2 Å². The van der Waals surface area contributed by atoms with E-state index in [4.69, 9.17) is 0 Å². The van der Waals surface area contributed by atoms with Crippen LogP contribution in [0.4, 0.5) is 10.1 Å². The van der Waals surface area contributed by atoms with Crippen molar-refractivity contribution in [2.45, 2.75) is 32.5 Å². The molecule has 1 heterocycles. The minimum Gasteiger partial charge on any atom is -0.352 e. The van der Waals surface area contributed by atoms with Gasteiger partial charge in [-0.2, -0.15) is 0 Å². The molecule has 7 nitrogen and oxygen atoms in total. The van der Waals surface area contributed by atoms with Gasteiger partial charge in [-0.25, -0.2) is 4.39 Å². The molecule has 0 fully saturated rings. The molecule has 9 heteroatoms. The molecule has 0 radical (unpaired) electrons. The van der Waals surface area contributed by atoms with Gasteiger partial charge in [0.15, 0.2) is 11.0 Å². The van der Waals surface area contributed by atoms with Crippen LogP contribution in [0.15, 0.2) is 53.7 Å². The maximum absolute atomic E-state index is 14.3. The Morgan fingerprint density at radius 2 is 1.91 bits per heavy atom. The largest absolute Gasteiger partial charge is 0.352 e. The number of aromatic nitrogens is 3. The van der Waals surface area contributed by atoms with Crippen molar-refractivity contribution in [2.75, 3.05) is 17.6 Å². The van der Waals surface area contributed by atoms with E-state index in [1.807, 2.05) is 25.3 Å². The molecular weight excluding hydrogens is 429 g/mol. The summed E-state index contributed by atoms with van der Waals surface area (Å²) >= 11 is 1.23. The number of carbonyl (C=O) groups excluding carboxylic acids is 2. The Kier molecular flexibility index (Phi) is 7.99. The summed E-state index contributed by atoms with van der Waals surface area (Å²) < 4.78 is 16.2. The Morgan fingerprint density at radius 3 is 2.62 bits per heavy atom.